The number of amides is 2. The van der Waals surface area contributed by atoms with Crippen LogP contribution in [0.2, 0.25) is 5.02 Å². The maximum Gasteiger partial charge on any atom is 0.416 e. The van der Waals surface area contributed by atoms with Crippen LogP contribution in [0.25, 0.3) is 0 Å². The highest BCUT2D eigenvalue weighted by Gasteiger charge is 2.34. The summed E-state index contributed by atoms with van der Waals surface area (Å²) in [4.78, 5) is 27.6. The van der Waals surface area contributed by atoms with Crippen LogP contribution < -0.4 is 9.62 Å². The van der Waals surface area contributed by atoms with Crippen molar-refractivity contribution >= 4 is 55.1 Å². The lowest BCUT2D eigenvalue weighted by molar-refractivity contribution is -0.139. The van der Waals surface area contributed by atoms with E-state index in [1.165, 1.54) is 11.8 Å². The van der Waals surface area contributed by atoms with Crippen molar-refractivity contribution in [3.05, 3.63) is 63.1 Å². The molecule has 0 bridgehead atoms. The van der Waals surface area contributed by atoms with Gasteiger partial charge in [0.15, 0.2) is 0 Å². The van der Waals surface area contributed by atoms with Crippen LogP contribution in [0.4, 0.5) is 18.9 Å². The highest BCUT2D eigenvalue weighted by Crippen LogP contribution is 2.36. The van der Waals surface area contributed by atoms with Crippen LogP contribution in [-0.2, 0) is 32.3 Å². The molecular weight excluding hydrogens is 599 g/mol. The minimum absolute atomic E-state index is 0.0465. The average Bonchev–Trinajstić information content (AvgIpc) is 2.80. The predicted octanol–water partition coefficient (Wildman–Crippen LogP) is 5.22. The molecule has 2 aromatic rings. The zero-order chi connectivity index (χ0) is 28.1. The van der Waals surface area contributed by atoms with Gasteiger partial charge >= 0.3 is 6.18 Å². The molecule has 0 fully saturated rings. The number of sulfonamides is 1. The fraction of sp³-hybridized carbons (Fsp3) is 0.417. The van der Waals surface area contributed by atoms with Crippen LogP contribution in [0.5, 0.6) is 0 Å². The van der Waals surface area contributed by atoms with Gasteiger partial charge in [0.05, 0.1) is 22.5 Å². The minimum Gasteiger partial charge on any atom is -0.352 e. The molecule has 0 radical (unpaired) electrons. The SMILES string of the molecule is CC[C@H](C)NC(=O)[C@H](C)N(Cc1ccc(Br)cc1)C(=O)CN(c1cc(C(F)(F)F)ccc1Cl)S(C)(=O)=O. The summed E-state index contributed by atoms with van der Waals surface area (Å²) in [5.41, 5.74) is -0.962. The van der Waals surface area contributed by atoms with E-state index in [1.54, 1.807) is 31.2 Å². The normalized spacial score (nSPS) is 13.5. The van der Waals surface area contributed by atoms with Gasteiger partial charge in [0.1, 0.15) is 12.6 Å². The first-order valence-corrected chi connectivity index (χ1v) is 14.2. The molecule has 0 unspecified atom stereocenters. The van der Waals surface area contributed by atoms with Crippen molar-refractivity contribution in [2.24, 2.45) is 0 Å². The highest BCUT2D eigenvalue weighted by molar-refractivity contribution is 9.10. The maximum atomic E-state index is 13.5. The van der Waals surface area contributed by atoms with E-state index in [-0.39, 0.29) is 17.6 Å². The number of benzene rings is 2. The molecule has 7 nitrogen and oxygen atoms in total. The molecule has 0 saturated heterocycles. The van der Waals surface area contributed by atoms with Crippen molar-refractivity contribution < 1.29 is 31.2 Å². The summed E-state index contributed by atoms with van der Waals surface area (Å²) >= 11 is 9.40. The molecule has 2 atom stereocenters. The number of alkyl halides is 3. The Hall–Kier alpha value is -2.31. The van der Waals surface area contributed by atoms with E-state index >= 15 is 0 Å². The summed E-state index contributed by atoms with van der Waals surface area (Å²) in [6.07, 6.45) is -3.35. The molecular formula is C24H28BrClF3N3O4S. The number of hydrogen-bond donors (Lipinski definition) is 1. The quantitative estimate of drug-likeness (QED) is 0.392. The Bertz CT molecular complexity index is 1230. The number of nitrogens with zero attached hydrogens (tertiary/aromatic N) is 2. The summed E-state index contributed by atoms with van der Waals surface area (Å²) in [6, 6.07) is 7.97. The third-order valence-electron chi connectivity index (χ3n) is 5.66. The Labute approximate surface area is 228 Å². The van der Waals surface area contributed by atoms with E-state index in [1.807, 2.05) is 6.92 Å². The van der Waals surface area contributed by atoms with Crippen molar-refractivity contribution in [1.29, 1.82) is 0 Å². The topological polar surface area (TPSA) is 86.8 Å². The first-order chi connectivity index (χ1) is 17.0. The lowest BCUT2D eigenvalue weighted by Gasteiger charge is -2.32. The Morgan fingerprint density at radius 3 is 2.22 bits per heavy atom. The Morgan fingerprint density at radius 2 is 1.70 bits per heavy atom. The second-order valence-electron chi connectivity index (χ2n) is 8.58. The first kappa shape index (κ1) is 30.9. The van der Waals surface area contributed by atoms with Crippen LogP contribution in [0.1, 0.15) is 38.3 Å². The molecule has 1 N–H and O–H groups in total. The average molecular weight is 627 g/mol. The highest BCUT2D eigenvalue weighted by atomic mass is 79.9. The molecule has 0 spiro atoms. The molecule has 0 aliphatic carbocycles. The van der Waals surface area contributed by atoms with Gasteiger partial charge < -0.3 is 10.2 Å². The van der Waals surface area contributed by atoms with Crippen molar-refractivity contribution in [3.63, 3.8) is 0 Å². The summed E-state index contributed by atoms with van der Waals surface area (Å²) in [5, 5.41) is 2.51. The molecule has 2 rings (SSSR count). The number of halogens is 5. The molecule has 37 heavy (non-hydrogen) atoms. The number of hydrogen-bond acceptors (Lipinski definition) is 4. The van der Waals surface area contributed by atoms with Crippen molar-refractivity contribution in [1.82, 2.24) is 10.2 Å². The molecule has 0 aliphatic rings. The lowest BCUT2D eigenvalue weighted by Crippen LogP contribution is -2.52. The van der Waals surface area contributed by atoms with Crippen LogP contribution >= 0.6 is 27.5 Å². The fourth-order valence-corrected chi connectivity index (χ4v) is 4.70. The molecule has 2 aromatic carbocycles. The largest absolute Gasteiger partial charge is 0.416 e. The molecule has 0 saturated carbocycles. The number of anilines is 1. The van der Waals surface area contributed by atoms with E-state index in [2.05, 4.69) is 21.2 Å². The van der Waals surface area contributed by atoms with Crippen molar-refractivity contribution in [2.45, 2.75) is 52.0 Å². The predicted molar refractivity (Wildman–Crippen MR) is 141 cm³/mol. The Balaban J connectivity index is 2.49. The smallest absolute Gasteiger partial charge is 0.352 e. The van der Waals surface area contributed by atoms with Gasteiger partial charge in [0.25, 0.3) is 0 Å². The van der Waals surface area contributed by atoms with Crippen LogP contribution in [-0.4, -0.2) is 50.0 Å². The molecule has 0 aromatic heterocycles. The molecule has 0 heterocycles. The molecule has 0 aliphatic heterocycles. The molecule has 2 amide bonds. The summed E-state index contributed by atoms with van der Waals surface area (Å²) in [5.74, 6) is -1.25. The van der Waals surface area contributed by atoms with Gasteiger partial charge in [-0.05, 0) is 56.2 Å². The third kappa shape index (κ3) is 8.61. The standard InChI is InChI=1S/C24H28BrClF3N3O4S/c1-5-15(2)30-23(34)16(3)31(13-17-6-9-19(25)10-7-17)22(33)14-32(37(4,35)36)21-12-18(24(27,28)29)8-11-20(21)26/h6-12,15-16H,5,13-14H2,1-4H3,(H,30,34)/t15-,16-/m0/s1. The second-order valence-corrected chi connectivity index (χ2v) is 11.8. The summed E-state index contributed by atoms with van der Waals surface area (Å²) in [6.45, 7) is 4.26. The van der Waals surface area contributed by atoms with Crippen molar-refractivity contribution in [3.8, 4) is 0 Å². The van der Waals surface area contributed by atoms with Crippen LogP contribution in [0.3, 0.4) is 0 Å². The van der Waals surface area contributed by atoms with Gasteiger partial charge in [-0.15, -0.1) is 0 Å². The monoisotopic (exact) mass is 625 g/mol. The van der Waals surface area contributed by atoms with E-state index in [0.717, 1.165) is 22.9 Å². The van der Waals surface area contributed by atoms with E-state index in [4.69, 9.17) is 11.6 Å². The van der Waals surface area contributed by atoms with Gasteiger partial charge in [0, 0.05) is 17.1 Å². The third-order valence-corrected chi connectivity index (χ3v) is 7.63. The lowest BCUT2D eigenvalue weighted by atomic mass is 10.1. The Kier molecular flexibility index (Phi) is 10.4. The summed E-state index contributed by atoms with van der Waals surface area (Å²) < 4.78 is 66.5. The van der Waals surface area contributed by atoms with E-state index < -0.39 is 51.9 Å². The molecule has 204 valence electrons. The number of carbonyl (C=O) groups is 2. The van der Waals surface area contributed by atoms with Gasteiger partial charge in [-0.1, -0.05) is 46.6 Å². The molecule has 13 heteroatoms. The zero-order valence-electron chi connectivity index (χ0n) is 20.6. The van der Waals surface area contributed by atoms with Gasteiger partial charge in [-0.3, -0.25) is 13.9 Å². The number of carbonyl (C=O) groups excluding carboxylic acids is 2. The Morgan fingerprint density at radius 1 is 1.11 bits per heavy atom. The second kappa shape index (κ2) is 12.5. The van der Waals surface area contributed by atoms with Gasteiger partial charge in [0.2, 0.25) is 21.8 Å². The fourth-order valence-electron chi connectivity index (χ4n) is 3.31. The number of nitrogens with one attached hydrogen (secondary N) is 1. The minimum atomic E-state index is -4.76. The number of rotatable bonds is 10. The maximum absolute atomic E-state index is 13.5. The van der Waals surface area contributed by atoms with E-state index in [0.29, 0.717) is 22.4 Å². The van der Waals surface area contributed by atoms with E-state index in [9.17, 15) is 31.2 Å². The van der Waals surface area contributed by atoms with Gasteiger partial charge in [-0.25, -0.2) is 8.42 Å². The summed E-state index contributed by atoms with van der Waals surface area (Å²) in [7, 11) is -4.25. The van der Waals surface area contributed by atoms with Crippen LogP contribution in [0.15, 0.2) is 46.9 Å². The van der Waals surface area contributed by atoms with Crippen LogP contribution in [0, 0.1) is 0 Å². The first-order valence-electron chi connectivity index (χ1n) is 11.2. The van der Waals surface area contributed by atoms with Crippen molar-refractivity contribution in [2.75, 3.05) is 17.1 Å². The van der Waals surface area contributed by atoms with Gasteiger partial charge in [-0.2, -0.15) is 13.2 Å². The zero-order valence-corrected chi connectivity index (χ0v) is 23.8.